The lowest BCUT2D eigenvalue weighted by molar-refractivity contribution is -0.195. The van der Waals surface area contributed by atoms with Crippen LogP contribution in [0.5, 0.6) is 0 Å². The Morgan fingerprint density at radius 2 is 1.50 bits per heavy atom. The van der Waals surface area contributed by atoms with Crippen molar-refractivity contribution >= 4 is 5.97 Å². The fourth-order valence-corrected chi connectivity index (χ4v) is 2.82. The fourth-order valence-electron chi connectivity index (χ4n) is 2.82. The van der Waals surface area contributed by atoms with Crippen molar-refractivity contribution in [3.8, 4) is 0 Å². The van der Waals surface area contributed by atoms with Crippen LogP contribution in [0.15, 0.2) is 11.6 Å². The minimum Gasteiger partial charge on any atom is -0.478 e. The van der Waals surface area contributed by atoms with Crippen molar-refractivity contribution in [3.63, 3.8) is 0 Å². The van der Waals surface area contributed by atoms with Gasteiger partial charge in [0.15, 0.2) is 5.79 Å². The topological polar surface area (TPSA) is 77.8 Å². The van der Waals surface area contributed by atoms with E-state index in [0.717, 1.165) is 32.1 Å². The molecular weight excluding hydrogens is 256 g/mol. The average Bonchev–Trinajstić information content (AvgIpc) is 2.37. The van der Waals surface area contributed by atoms with Gasteiger partial charge in [-0.2, -0.15) is 0 Å². The van der Waals surface area contributed by atoms with Gasteiger partial charge in [0.25, 0.3) is 0 Å². The molecule has 0 aromatic heterocycles. The van der Waals surface area contributed by atoms with Gasteiger partial charge in [-0.3, -0.25) is 0 Å². The standard InChI is InChI=1S/C16H28O4/c1-13(15(17)18)12-14-10-8-6-4-2-3-5-7-9-11-16(14,19)20/h12,14,19-20H,2-11H2,1H3,(H,17,18). The Balaban J connectivity index is 2.76. The molecule has 116 valence electrons. The maximum atomic E-state index is 10.9. The fraction of sp³-hybridized carbons (Fsp3) is 0.812. The maximum Gasteiger partial charge on any atom is 0.330 e. The highest BCUT2D eigenvalue weighted by Crippen LogP contribution is 2.29. The molecule has 0 amide bonds. The Morgan fingerprint density at radius 3 is 2.05 bits per heavy atom. The minimum absolute atomic E-state index is 0.189. The number of aliphatic hydroxyl groups is 2. The first-order chi connectivity index (χ1) is 9.43. The molecule has 4 nitrogen and oxygen atoms in total. The van der Waals surface area contributed by atoms with Crippen molar-refractivity contribution < 1.29 is 20.1 Å². The van der Waals surface area contributed by atoms with Crippen LogP contribution in [0.25, 0.3) is 0 Å². The summed E-state index contributed by atoms with van der Waals surface area (Å²) in [6.07, 6.45) is 11.1. The third kappa shape index (κ3) is 6.06. The molecule has 1 rings (SSSR count). The van der Waals surface area contributed by atoms with E-state index in [4.69, 9.17) is 5.11 Å². The van der Waals surface area contributed by atoms with E-state index in [1.807, 2.05) is 0 Å². The first-order valence-corrected chi connectivity index (χ1v) is 7.80. The predicted molar refractivity (Wildman–Crippen MR) is 78.2 cm³/mol. The molecule has 0 heterocycles. The quantitative estimate of drug-likeness (QED) is 0.537. The summed E-state index contributed by atoms with van der Waals surface area (Å²) in [4.78, 5) is 10.9. The highest BCUT2D eigenvalue weighted by molar-refractivity contribution is 5.85. The van der Waals surface area contributed by atoms with Crippen LogP contribution < -0.4 is 0 Å². The lowest BCUT2D eigenvalue weighted by Gasteiger charge is -2.30. The maximum absolute atomic E-state index is 10.9. The molecule has 1 unspecified atom stereocenters. The van der Waals surface area contributed by atoms with Crippen LogP contribution in [0.1, 0.15) is 71.1 Å². The van der Waals surface area contributed by atoms with E-state index in [1.54, 1.807) is 0 Å². The molecule has 1 aliphatic carbocycles. The molecule has 0 radical (unpaired) electrons. The summed E-state index contributed by atoms with van der Waals surface area (Å²) in [7, 11) is 0. The van der Waals surface area contributed by atoms with Gasteiger partial charge in [-0.1, -0.05) is 51.0 Å². The van der Waals surface area contributed by atoms with Gasteiger partial charge in [0, 0.05) is 17.9 Å². The van der Waals surface area contributed by atoms with Crippen molar-refractivity contribution in [1.29, 1.82) is 0 Å². The molecule has 1 fully saturated rings. The SMILES string of the molecule is CC(=CC1CCCCCCCCCCC1(O)O)C(=O)O. The molecule has 1 atom stereocenters. The van der Waals surface area contributed by atoms with Crippen LogP contribution in [-0.2, 0) is 4.79 Å². The van der Waals surface area contributed by atoms with Crippen molar-refractivity contribution in [1.82, 2.24) is 0 Å². The second kappa shape index (κ2) is 8.42. The molecule has 0 aromatic rings. The van der Waals surface area contributed by atoms with Crippen molar-refractivity contribution in [3.05, 3.63) is 11.6 Å². The van der Waals surface area contributed by atoms with Crippen molar-refractivity contribution in [2.75, 3.05) is 0 Å². The normalized spacial score (nSPS) is 26.4. The Kier molecular flexibility index (Phi) is 7.24. The Morgan fingerprint density at radius 1 is 1.00 bits per heavy atom. The molecule has 4 heteroatoms. The lowest BCUT2D eigenvalue weighted by Crippen LogP contribution is -2.37. The van der Waals surface area contributed by atoms with Gasteiger partial charge in [0.2, 0.25) is 0 Å². The summed E-state index contributed by atoms with van der Waals surface area (Å²) in [5.41, 5.74) is 0.189. The average molecular weight is 284 g/mol. The van der Waals surface area contributed by atoms with Gasteiger partial charge < -0.3 is 15.3 Å². The highest BCUT2D eigenvalue weighted by Gasteiger charge is 2.32. The second-order valence-corrected chi connectivity index (χ2v) is 6.01. The molecule has 0 spiro atoms. The summed E-state index contributed by atoms with van der Waals surface area (Å²) < 4.78 is 0. The zero-order valence-corrected chi connectivity index (χ0v) is 12.5. The van der Waals surface area contributed by atoms with Crippen LogP contribution in [0.4, 0.5) is 0 Å². The highest BCUT2D eigenvalue weighted by atomic mass is 16.5. The Labute approximate surface area is 121 Å². The van der Waals surface area contributed by atoms with E-state index in [1.165, 1.54) is 32.3 Å². The van der Waals surface area contributed by atoms with Crippen LogP contribution in [0.3, 0.4) is 0 Å². The number of carboxylic acid groups (broad SMARTS) is 1. The molecule has 0 saturated heterocycles. The molecule has 0 aliphatic heterocycles. The predicted octanol–water partition coefficient (Wildman–Crippen LogP) is 3.23. The Hall–Kier alpha value is -0.870. The molecule has 0 bridgehead atoms. The summed E-state index contributed by atoms with van der Waals surface area (Å²) in [5.74, 6) is -3.26. The van der Waals surface area contributed by atoms with Crippen LogP contribution >= 0.6 is 0 Å². The summed E-state index contributed by atoms with van der Waals surface area (Å²) in [6.45, 7) is 1.51. The number of hydrogen-bond donors (Lipinski definition) is 3. The zero-order valence-electron chi connectivity index (χ0n) is 12.5. The molecule has 3 N–H and O–H groups in total. The molecule has 1 saturated carbocycles. The smallest absolute Gasteiger partial charge is 0.330 e. The molecule has 1 aliphatic rings. The van der Waals surface area contributed by atoms with E-state index >= 15 is 0 Å². The number of carbonyl (C=O) groups is 1. The summed E-state index contributed by atoms with van der Waals surface area (Å²) in [5, 5.41) is 29.5. The summed E-state index contributed by atoms with van der Waals surface area (Å²) >= 11 is 0. The molecule has 20 heavy (non-hydrogen) atoms. The van der Waals surface area contributed by atoms with Gasteiger partial charge >= 0.3 is 5.97 Å². The molecule has 0 aromatic carbocycles. The van der Waals surface area contributed by atoms with Crippen molar-refractivity contribution in [2.45, 2.75) is 76.9 Å². The Bertz CT molecular complexity index is 333. The first kappa shape index (κ1) is 17.2. The molecular formula is C16H28O4. The van der Waals surface area contributed by atoms with Crippen LogP contribution in [0.2, 0.25) is 0 Å². The van der Waals surface area contributed by atoms with E-state index < -0.39 is 17.7 Å². The number of rotatable bonds is 2. The van der Waals surface area contributed by atoms with E-state index in [2.05, 4.69) is 0 Å². The third-order valence-corrected chi connectivity index (χ3v) is 4.19. The van der Waals surface area contributed by atoms with Gasteiger partial charge in [-0.15, -0.1) is 0 Å². The minimum atomic E-state index is -1.78. The van der Waals surface area contributed by atoms with Gasteiger partial charge in [0.1, 0.15) is 0 Å². The van der Waals surface area contributed by atoms with Gasteiger partial charge in [-0.05, 0) is 19.8 Å². The second-order valence-electron chi connectivity index (χ2n) is 6.01. The van der Waals surface area contributed by atoms with E-state index in [9.17, 15) is 15.0 Å². The zero-order chi connectivity index (χ0) is 15.0. The monoisotopic (exact) mass is 284 g/mol. The number of hydrogen-bond acceptors (Lipinski definition) is 3. The van der Waals surface area contributed by atoms with Gasteiger partial charge in [-0.25, -0.2) is 4.79 Å². The third-order valence-electron chi connectivity index (χ3n) is 4.19. The van der Waals surface area contributed by atoms with E-state index in [-0.39, 0.29) is 5.57 Å². The largest absolute Gasteiger partial charge is 0.478 e. The lowest BCUT2D eigenvalue weighted by atomic mass is 9.86. The summed E-state index contributed by atoms with van der Waals surface area (Å²) in [6, 6.07) is 0. The number of carboxylic acids is 1. The first-order valence-electron chi connectivity index (χ1n) is 7.80. The van der Waals surface area contributed by atoms with Crippen LogP contribution in [-0.4, -0.2) is 27.1 Å². The van der Waals surface area contributed by atoms with E-state index in [0.29, 0.717) is 12.8 Å². The van der Waals surface area contributed by atoms with Crippen molar-refractivity contribution in [2.24, 2.45) is 5.92 Å². The number of aliphatic carboxylic acids is 1. The van der Waals surface area contributed by atoms with Crippen LogP contribution in [0, 0.1) is 5.92 Å². The van der Waals surface area contributed by atoms with Gasteiger partial charge in [0.05, 0.1) is 0 Å².